The normalized spacial score (nSPS) is 18.2. The van der Waals surface area contributed by atoms with Crippen molar-refractivity contribution in [3.05, 3.63) is 71.1 Å². The molecule has 0 aromatic heterocycles. The minimum Gasteiger partial charge on any atom is -0.497 e. The molecule has 6 nitrogen and oxygen atoms in total. The van der Waals surface area contributed by atoms with Crippen molar-refractivity contribution in [1.82, 2.24) is 5.32 Å². The van der Waals surface area contributed by atoms with E-state index in [1.165, 1.54) is 5.41 Å². The highest BCUT2D eigenvalue weighted by molar-refractivity contribution is 7.94. The van der Waals surface area contributed by atoms with Gasteiger partial charge in [-0.25, -0.2) is 8.42 Å². The van der Waals surface area contributed by atoms with Crippen LogP contribution in [0.15, 0.2) is 60.0 Å². The number of hydrogen-bond acceptors (Lipinski definition) is 5. The van der Waals surface area contributed by atoms with E-state index in [1.807, 2.05) is 48.5 Å². The van der Waals surface area contributed by atoms with Crippen LogP contribution in [0.4, 0.5) is 0 Å². The lowest BCUT2D eigenvalue weighted by molar-refractivity contribution is -0.122. The summed E-state index contributed by atoms with van der Waals surface area (Å²) >= 11 is 0. The molecule has 1 amide bonds. The maximum Gasteiger partial charge on any atom is 0.221 e. The van der Waals surface area contributed by atoms with Crippen LogP contribution in [0.3, 0.4) is 0 Å². The highest BCUT2D eigenvalue weighted by atomic mass is 32.2. The summed E-state index contributed by atoms with van der Waals surface area (Å²) in [6.45, 7) is 0. The zero-order chi connectivity index (χ0) is 20.9. The van der Waals surface area contributed by atoms with Crippen molar-refractivity contribution in [2.75, 3.05) is 20.0 Å². The van der Waals surface area contributed by atoms with Gasteiger partial charge >= 0.3 is 0 Å². The number of carbonyl (C=O) groups excluding carboxylic acids is 1. The number of benzene rings is 2. The number of amides is 1. The van der Waals surface area contributed by atoms with Gasteiger partial charge in [-0.15, -0.1) is 0 Å². The largest absolute Gasteiger partial charge is 0.497 e. The summed E-state index contributed by atoms with van der Waals surface area (Å²) in [5.74, 6) is 1.05. The molecule has 0 bridgehead atoms. The smallest absolute Gasteiger partial charge is 0.221 e. The van der Waals surface area contributed by atoms with Gasteiger partial charge in [-0.1, -0.05) is 30.3 Å². The maximum atomic E-state index is 12.6. The molecule has 154 valence electrons. The van der Waals surface area contributed by atoms with E-state index < -0.39 is 9.84 Å². The van der Waals surface area contributed by atoms with Crippen LogP contribution in [0.1, 0.15) is 23.6 Å². The minimum absolute atomic E-state index is 0.00783. The summed E-state index contributed by atoms with van der Waals surface area (Å²) in [6.07, 6.45) is 2.34. The molecule has 0 unspecified atom stereocenters. The fourth-order valence-corrected chi connectivity index (χ4v) is 4.74. The topological polar surface area (TPSA) is 81.7 Å². The third-order valence-electron chi connectivity index (χ3n) is 4.90. The van der Waals surface area contributed by atoms with Crippen molar-refractivity contribution in [3.8, 4) is 11.5 Å². The first-order chi connectivity index (χ1) is 13.9. The van der Waals surface area contributed by atoms with E-state index in [4.69, 9.17) is 9.47 Å². The highest BCUT2D eigenvalue weighted by Gasteiger charge is 2.25. The van der Waals surface area contributed by atoms with Crippen molar-refractivity contribution in [2.24, 2.45) is 5.92 Å². The fourth-order valence-electron chi connectivity index (χ4n) is 3.34. The van der Waals surface area contributed by atoms with Crippen LogP contribution in [0.25, 0.3) is 0 Å². The molecule has 0 fully saturated rings. The Kier molecular flexibility index (Phi) is 6.59. The molecule has 7 heteroatoms. The minimum atomic E-state index is -3.17. The first-order valence-electron chi connectivity index (χ1n) is 9.36. The highest BCUT2D eigenvalue weighted by Crippen LogP contribution is 2.24. The summed E-state index contributed by atoms with van der Waals surface area (Å²) in [4.78, 5) is 12.6. The zero-order valence-corrected chi connectivity index (χ0v) is 17.3. The van der Waals surface area contributed by atoms with E-state index in [0.717, 1.165) is 22.6 Å². The SMILES string of the molecule is COc1ccc(C[C@@H](NC(=O)C[C@H]2C=CS(=O)(=O)C2)c2ccc(OC)cc2)cc1. The molecule has 0 radical (unpaired) electrons. The van der Waals surface area contributed by atoms with Gasteiger partial charge in [0.15, 0.2) is 9.84 Å². The number of carbonyl (C=O) groups is 1. The maximum absolute atomic E-state index is 12.6. The molecule has 29 heavy (non-hydrogen) atoms. The average Bonchev–Trinajstić information content (AvgIpc) is 3.06. The molecule has 0 saturated heterocycles. The molecule has 2 aromatic rings. The van der Waals surface area contributed by atoms with Gasteiger partial charge in [0.05, 0.1) is 26.0 Å². The second-order valence-electron chi connectivity index (χ2n) is 7.07. The van der Waals surface area contributed by atoms with E-state index in [-0.39, 0.29) is 30.0 Å². The van der Waals surface area contributed by atoms with Crippen molar-refractivity contribution >= 4 is 15.7 Å². The molecule has 3 rings (SSSR count). The molecule has 0 aliphatic carbocycles. The number of allylic oxidation sites excluding steroid dienone is 1. The van der Waals surface area contributed by atoms with Crippen LogP contribution in [-0.2, 0) is 21.1 Å². The predicted octanol–water partition coefficient (Wildman–Crippen LogP) is 3.05. The van der Waals surface area contributed by atoms with Gasteiger partial charge in [0.1, 0.15) is 11.5 Å². The third-order valence-corrected chi connectivity index (χ3v) is 6.37. The number of methoxy groups -OCH3 is 2. The summed E-state index contributed by atoms with van der Waals surface area (Å²) in [6, 6.07) is 15.0. The average molecular weight is 416 g/mol. The van der Waals surface area contributed by atoms with Gasteiger partial charge in [0.2, 0.25) is 5.91 Å². The molecule has 2 atom stereocenters. The fraction of sp³-hybridized carbons (Fsp3) is 0.318. The van der Waals surface area contributed by atoms with Crippen molar-refractivity contribution < 1.29 is 22.7 Å². The van der Waals surface area contributed by atoms with Gasteiger partial charge in [-0.3, -0.25) is 4.79 Å². The Bertz CT molecular complexity index is 965. The summed E-state index contributed by atoms with van der Waals surface area (Å²) in [7, 11) is 0.0531. The van der Waals surface area contributed by atoms with Crippen LogP contribution in [0.2, 0.25) is 0 Å². The van der Waals surface area contributed by atoms with Crippen LogP contribution >= 0.6 is 0 Å². The van der Waals surface area contributed by atoms with Crippen LogP contribution in [-0.4, -0.2) is 34.3 Å². The van der Waals surface area contributed by atoms with Gasteiger partial charge in [0.25, 0.3) is 0 Å². The Morgan fingerprint density at radius 2 is 1.62 bits per heavy atom. The van der Waals surface area contributed by atoms with E-state index in [1.54, 1.807) is 20.3 Å². The Hall–Kier alpha value is -2.80. The first-order valence-corrected chi connectivity index (χ1v) is 11.1. The number of ether oxygens (including phenoxy) is 2. The van der Waals surface area contributed by atoms with Crippen LogP contribution < -0.4 is 14.8 Å². The Balaban J connectivity index is 1.74. The van der Waals surface area contributed by atoms with Crippen molar-refractivity contribution in [3.63, 3.8) is 0 Å². The first kappa shape index (κ1) is 20.9. The molecule has 2 aromatic carbocycles. The molecule has 0 spiro atoms. The van der Waals surface area contributed by atoms with E-state index in [2.05, 4.69) is 5.32 Å². The molecule has 1 heterocycles. The molecule has 1 aliphatic rings. The number of hydrogen-bond donors (Lipinski definition) is 1. The lowest BCUT2D eigenvalue weighted by Gasteiger charge is -2.21. The van der Waals surface area contributed by atoms with E-state index in [0.29, 0.717) is 6.42 Å². The van der Waals surface area contributed by atoms with Crippen LogP contribution in [0.5, 0.6) is 11.5 Å². The van der Waals surface area contributed by atoms with E-state index in [9.17, 15) is 13.2 Å². The number of sulfone groups is 1. The lowest BCUT2D eigenvalue weighted by Crippen LogP contribution is -2.31. The summed E-state index contributed by atoms with van der Waals surface area (Å²) in [5, 5.41) is 4.26. The second-order valence-corrected chi connectivity index (χ2v) is 9.00. The lowest BCUT2D eigenvalue weighted by atomic mass is 9.98. The Morgan fingerprint density at radius 1 is 1.03 bits per heavy atom. The third kappa shape index (κ3) is 5.84. The molecule has 1 N–H and O–H groups in total. The summed E-state index contributed by atoms with van der Waals surface area (Å²) < 4.78 is 33.6. The molecular formula is C22H25NO5S. The van der Waals surface area contributed by atoms with Gasteiger partial charge in [-0.05, 0) is 41.8 Å². The van der Waals surface area contributed by atoms with Gasteiger partial charge in [0, 0.05) is 17.7 Å². The Labute approximate surface area is 171 Å². The zero-order valence-electron chi connectivity index (χ0n) is 16.5. The quantitative estimate of drug-likeness (QED) is 0.717. The molecule has 1 aliphatic heterocycles. The van der Waals surface area contributed by atoms with Gasteiger partial charge < -0.3 is 14.8 Å². The number of nitrogens with one attached hydrogen (secondary N) is 1. The second kappa shape index (κ2) is 9.13. The van der Waals surface area contributed by atoms with Crippen molar-refractivity contribution in [2.45, 2.75) is 18.9 Å². The van der Waals surface area contributed by atoms with Crippen LogP contribution in [0, 0.1) is 5.92 Å². The van der Waals surface area contributed by atoms with Crippen molar-refractivity contribution in [1.29, 1.82) is 0 Å². The monoisotopic (exact) mass is 415 g/mol. The molecular weight excluding hydrogens is 390 g/mol. The van der Waals surface area contributed by atoms with Gasteiger partial charge in [-0.2, -0.15) is 0 Å². The number of rotatable bonds is 8. The summed E-state index contributed by atoms with van der Waals surface area (Å²) in [5.41, 5.74) is 2.00. The van der Waals surface area contributed by atoms with E-state index >= 15 is 0 Å². The molecule has 0 saturated carbocycles. The predicted molar refractivity (Wildman–Crippen MR) is 112 cm³/mol. The Morgan fingerprint density at radius 3 is 2.14 bits per heavy atom. The standard InChI is InChI=1S/C22H25NO5S/c1-27-19-7-3-16(4-8-19)13-21(18-5-9-20(28-2)10-6-18)23-22(24)14-17-11-12-29(25,26)15-17/h3-12,17,21H,13-15H2,1-2H3,(H,23,24)/t17-,21-/m1/s1.